The number of nitrogens with zero attached hydrogens (tertiary/aromatic N) is 1. The van der Waals surface area contributed by atoms with Gasteiger partial charge < -0.3 is 20.3 Å². The molecule has 0 saturated heterocycles. The minimum atomic E-state index is -0.868. The van der Waals surface area contributed by atoms with Crippen molar-refractivity contribution in [2.75, 3.05) is 5.32 Å². The molecule has 0 aliphatic heterocycles. The summed E-state index contributed by atoms with van der Waals surface area (Å²) in [4.78, 5) is 43.4. The smallest absolute Gasteiger partial charge is 0.408 e. The largest absolute Gasteiger partial charge is 0.444 e. The molecule has 0 spiro atoms. The van der Waals surface area contributed by atoms with Crippen LogP contribution in [0.3, 0.4) is 0 Å². The van der Waals surface area contributed by atoms with Gasteiger partial charge in [-0.05, 0) is 86.9 Å². The van der Waals surface area contributed by atoms with Crippen molar-refractivity contribution in [1.29, 1.82) is 0 Å². The van der Waals surface area contributed by atoms with Gasteiger partial charge in [0.05, 0.1) is 0 Å². The SMILES string of the molecule is CCC(C)C(NC(=O)OC(C)(C)C)C(=O)N(C1CCC1)C(C(=O)Nc1ccc2ccccc2c1)c1ccccc1C. The van der Waals surface area contributed by atoms with Gasteiger partial charge in [0, 0.05) is 11.7 Å². The third-order valence-electron chi connectivity index (χ3n) is 7.90. The number of carbonyl (C=O) groups is 3. The predicted molar refractivity (Wildman–Crippen MR) is 164 cm³/mol. The Balaban J connectivity index is 1.73. The van der Waals surface area contributed by atoms with Crippen molar-refractivity contribution in [3.05, 3.63) is 77.9 Å². The lowest BCUT2D eigenvalue weighted by Crippen LogP contribution is -2.58. The molecule has 2 N–H and O–H groups in total. The first-order chi connectivity index (χ1) is 19.5. The first-order valence-corrected chi connectivity index (χ1v) is 14.7. The van der Waals surface area contributed by atoms with E-state index in [9.17, 15) is 14.4 Å². The molecule has 3 aromatic rings. The zero-order valence-corrected chi connectivity index (χ0v) is 25.1. The number of aryl methyl sites for hydroxylation is 1. The highest BCUT2D eigenvalue weighted by Crippen LogP contribution is 2.36. The molecule has 7 nitrogen and oxygen atoms in total. The number of benzene rings is 3. The molecule has 218 valence electrons. The van der Waals surface area contributed by atoms with Gasteiger partial charge in [0.25, 0.3) is 5.91 Å². The Labute approximate surface area is 243 Å². The maximum Gasteiger partial charge on any atom is 0.408 e. The van der Waals surface area contributed by atoms with Crippen molar-refractivity contribution in [3.63, 3.8) is 0 Å². The fraction of sp³-hybridized carbons (Fsp3) is 0.441. The van der Waals surface area contributed by atoms with Crippen molar-refractivity contribution >= 4 is 34.4 Å². The Kier molecular flexibility index (Phi) is 9.36. The number of anilines is 1. The molecule has 3 amide bonds. The van der Waals surface area contributed by atoms with Crippen LogP contribution in [0.15, 0.2) is 66.7 Å². The molecule has 1 aliphatic carbocycles. The van der Waals surface area contributed by atoms with Gasteiger partial charge in [-0.25, -0.2) is 4.79 Å². The van der Waals surface area contributed by atoms with E-state index >= 15 is 0 Å². The molecule has 1 aliphatic rings. The van der Waals surface area contributed by atoms with Crippen molar-refractivity contribution in [1.82, 2.24) is 10.2 Å². The van der Waals surface area contributed by atoms with Gasteiger partial charge in [0.1, 0.15) is 17.7 Å². The Morgan fingerprint density at radius 2 is 1.63 bits per heavy atom. The Morgan fingerprint density at radius 1 is 0.976 bits per heavy atom. The molecule has 7 heteroatoms. The number of carbonyl (C=O) groups excluding carboxylic acids is 3. The molecule has 41 heavy (non-hydrogen) atoms. The fourth-order valence-electron chi connectivity index (χ4n) is 5.25. The Bertz CT molecular complexity index is 1390. The highest BCUT2D eigenvalue weighted by Gasteiger charge is 2.43. The standard InChI is InChI=1S/C34H43N3O4/c1-7-22(2)29(36-33(40)41-34(4,5)6)32(39)37(27-16-12-17-27)30(28-18-11-8-13-23(28)3)31(38)35-26-20-19-24-14-9-10-15-25(24)21-26/h8-11,13-15,18-22,27,29-30H,7,12,16-17H2,1-6H3,(H,35,38)(H,36,40). The van der Waals surface area contributed by atoms with Crippen LogP contribution in [0.25, 0.3) is 10.8 Å². The molecule has 4 rings (SSSR count). The molecule has 3 atom stereocenters. The molecule has 3 unspecified atom stereocenters. The third-order valence-corrected chi connectivity index (χ3v) is 7.90. The molecule has 3 aromatic carbocycles. The van der Waals surface area contributed by atoms with Crippen molar-refractivity contribution in [2.45, 2.75) is 91.0 Å². The average molecular weight is 558 g/mol. The first-order valence-electron chi connectivity index (χ1n) is 14.7. The quantitative estimate of drug-likeness (QED) is 0.293. The van der Waals surface area contributed by atoms with Gasteiger partial charge in [0.15, 0.2) is 0 Å². The summed E-state index contributed by atoms with van der Waals surface area (Å²) in [5, 5.41) is 8.06. The highest BCUT2D eigenvalue weighted by atomic mass is 16.6. The number of nitrogens with one attached hydrogen (secondary N) is 2. The van der Waals surface area contributed by atoms with Crippen LogP contribution in [0.4, 0.5) is 10.5 Å². The molecule has 0 radical (unpaired) electrons. The number of rotatable bonds is 9. The van der Waals surface area contributed by atoms with Gasteiger partial charge >= 0.3 is 6.09 Å². The number of amides is 3. The van der Waals surface area contributed by atoms with E-state index in [0.717, 1.165) is 41.2 Å². The maximum atomic E-state index is 14.5. The normalized spacial score (nSPS) is 15.8. The van der Waals surface area contributed by atoms with Crippen molar-refractivity contribution in [3.8, 4) is 0 Å². The van der Waals surface area contributed by atoms with Crippen LogP contribution >= 0.6 is 0 Å². The molecule has 0 heterocycles. The zero-order chi connectivity index (χ0) is 29.7. The second-order valence-corrected chi connectivity index (χ2v) is 12.1. The van der Waals surface area contributed by atoms with Gasteiger partial charge in [-0.3, -0.25) is 9.59 Å². The van der Waals surface area contributed by atoms with Crippen LogP contribution < -0.4 is 10.6 Å². The number of fused-ring (bicyclic) bond motifs is 1. The molecule has 0 aromatic heterocycles. The van der Waals surface area contributed by atoms with Crippen LogP contribution in [-0.4, -0.2) is 40.5 Å². The molecule has 0 bridgehead atoms. The molecule has 1 fully saturated rings. The lowest BCUT2D eigenvalue weighted by atomic mass is 9.86. The predicted octanol–water partition coefficient (Wildman–Crippen LogP) is 7.15. The van der Waals surface area contributed by atoms with E-state index in [-0.39, 0.29) is 23.8 Å². The summed E-state index contributed by atoms with van der Waals surface area (Å²) in [6.45, 7) is 11.3. The summed E-state index contributed by atoms with van der Waals surface area (Å²) >= 11 is 0. The second kappa shape index (κ2) is 12.8. The van der Waals surface area contributed by atoms with E-state index in [0.29, 0.717) is 12.1 Å². The molecule has 1 saturated carbocycles. The minimum absolute atomic E-state index is 0.110. The number of alkyl carbamates (subject to hydrolysis) is 1. The first kappa shape index (κ1) is 30.1. The zero-order valence-electron chi connectivity index (χ0n) is 25.1. The lowest BCUT2D eigenvalue weighted by Gasteiger charge is -2.44. The van der Waals surface area contributed by atoms with E-state index in [1.807, 2.05) is 87.5 Å². The Morgan fingerprint density at radius 3 is 2.24 bits per heavy atom. The van der Waals surface area contributed by atoms with E-state index in [1.165, 1.54) is 0 Å². The van der Waals surface area contributed by atoms with E-state index in [1.54, 1.807) is 25.7 Å². The summed E-state index contributed by atoms with van der Waals surface area (Å²) in [6.07, 6.45) is 2.61. The summed E-state index contributed by atoms with van der Waals surface area (Å²) in [7, 11) is 0. The van der Waals surface area contributed by atoms with Crippen LogP contribution in [0.1, 0.15) is 77.5 Å². The van der Waals surface area contributed by atoms with Crippen LogP contribution in [0.2, 0.25) is 0 Å². The average Bonchev–Trinajstić information content (AvgIpc) is 2.89. The van der Waals surface area contributed by atoms with Crippen molar-refractivity contribution in [2.24, 2.45) is 5.92 Å². The molecular formula is C34H43N3O4. The topological polar surface area (TPSA) is 87.7 Å². The third kappa shape index (κ3) is 7.26. The van der Waals surface area contributed by atoms with E-state index in [4.69, 9.17) is 4.74 Å². The van der Waals surface area contributed by atoms with Gasteiger partial charge in [-0.15, -0.1) is 0 Å². The monoisotopic (exact) mass is 557 g/mol. The minimum Gasteiger partial charge on any atom is -0.444 e. The summed E-state index contributed by atoms with van der Waals surface area (Å²) < 4.78 is 5.52. The number of ether oxygens (including phenoxy) is 1. The van der Waals surface area contributed by atoms with Crippen LogP contribution in [0, 0.1) is 12.8 Å². The molecular weight excluding hydrogens is 514 g/mol. The number of hydrogen-bond donors (Lipinski definition) is 2. The van der Waals surface area contributed by atoms with Gasteiger partial charge in [-0.2, -0.15) is 0 Å². The maximum absolute atomic E-state index is 14.5. The highest BCUT2D eigenvalue weighted by molar-refractivity contribution is 6.00. The fourth-order valence-corrected chi connectivity index (χ4v) is 5.25. The second-order valence-electron chi connectivity index (χ2n) is 12.1. The van der Waals surface area contributed by atoms with E-state index < -0.39 is 23.8 Å². The van der Waals surface area contributed by atoms with Crippen molar-refractivity contribution < 1.29 is 19.1 Å². The van der Waals surface area contributed by atoms with E-state index in [2.05, 4.69) is 10.6 Å². The lowest BCUT2D eigenvalue weighted by molar-refractivity contribution is -0.147. The summed E-state index contributed by atoms with van der Waals surface area (Å²) in [5.41, 5.74) is 1.65. The van der Waals surface area contributed by atoms with Crippen LogP contribution in [-0.2, 0) is 14.3 Å². The van der Waals surface area contributed by atoms with Crippen LogP contribution in [0.5, 0.6) is 0 Å². The Hall–Kier alpha value is -3.87. The van der Waals surface area contributed by atoms with Gasteiger partial charge in [0.2, 0.25) is 5.91 Å². The summed E-state index contributed by atoms with van der Waals surface area (Å²) in [5.74, 6) is -0.717. The summed E-state index contributed by atoms with van der Waals surface area (Å²) in [6, 6.07) is 19.7. The number of hydrogen-bond acceptors (Lipinski definition) is 4. The van der Waals surface area contributed by atoms with Gasteiger partial charge in [-0.1, -0.05) is 74.9 Å².